The second-order valence-corrected chi connectivity index (χ2v) is 3.91. The molecule has 0 spiro atoms. The first-order chi connectivity index (χ1) is 9.75. The molecule has 1 aromatic carbocycles. The fraction of sp³-hybridized carbons (Fsp3) is 0.333. The number of ketones is 1. The van der Waals surface area contributed by atoms with Gasteiger partial charge in [0.2, 0.25) is 0 Å². The van der Waals surface area contributed by atoms with Gasteiger partial charge in [-0.05, 0) is 17.7 Å². The highest BCUT2D eigenvalue weighted by atomic mass is 19.3. The number of halogens is 2. The fourth-order valence-electron chi connectivity index (χ4n) is 1.61. The van der Waals surface area contributed by atoms with Crippen molar-refractivity contribution in [1.29, 1.82) is 0 Å². The van der Waals surface area contributed by atoms with Gasteiger partial charge in [0.15, 0.2) is 6.10 Å². The summed E-state index contributed by atoms with van der Waals surface area (Å²) in [5.41, 5.74) is -0.499. The van der Waals surface area contributed by atoms with Crippen molar-refractivity contribution in [3.8, 4) is 0 Å². The Kier molecular flexibility index (Phi) is 5.03. The normalized spacial score (nSPS) is 12.6. The first-order valence-electron chi connectivity index (χ1n) is 5.53. The van der Waals surface area contributed by atoms with E-state index in [9.17, 15) is 28.5 Å². The molecule has 0 fully saturated rings. The van der Waals surface area contributed by atoms with Gasteiger partial charge in [-0.3, -0.25) is 14.9 Å². The van der Waals surface area contributed by atoms with Crippen LogP contribution in [0.15, 0.2) is 24.3 Å². The quantitative estimate of drug-likeness (QED) is 0.343. The van der Waals surface area contributed by atoms with Crippen molar-refractivity contribution in [2.45, 2.75) is 12.0 Å². The van der Waals surface area contributed by atoms with Crippen molar-refractivity contribution in [2.24, 2.45) is 0 Å². The van der Waals surface area contributed by atoms with E-state index < -0.39 is 28.7 Å². The number of alkyl halides is 2. The van der Waals surface area contributed by atoms with Crippen molar-refractivity contribution in [3.05, 3.63) is 39.9 Å². The summed E-state index contributed by atoms with van der Waals surface area (Å²) in [4.78, 5) is 32.1. The minimum Gasteiger partial charge on any atom is -0.463 e. The summed E-state index contributed by atoms with van der Waals surface area (Å²) in [7, 11) is 1.72. The van der Waals surface area contributed by atoms with E-state index in [2.05, 4.69) is 9.47 Å². The molecule has 0 saturated carbocycles. The highest BCUT2D eigenvalue weighted by Gasteiger charge is 2.52. The van der Waals surface area contributed by atoms with Gasteiger partial charge in [-0.1, -0.05) is 0 Å². The number of hydrogen-bond acceptors (Lipinski definition) is 6. The van der Waals surface area contributed by atoms with Crippen molar-refractivity contribution < 1.29 is 32.8 Å². The van der Waals surface area contributed by atoms with E-state index in [1.807, 2.05) is 0 Å². The molecular formula is C12H11F2NO6. The molecule has 0 heterocycles. The second kappa shape index (κ2) is 6.35. The Bertz CT molecular complexity index is 557. The molecular weight excluding hydrogens is 292 g/mol. The number of nitro benzene ring substituents is 1. The van der Waals surface area contributed by atoms with Gasteiger partial charge in [0.1, 0.15) is 0 Å². The highest BCUT2D eigenvalue weighted by molar-refractivity contribution is 6.36. The molecule has 1 rings (SSSR count). The van der Waals surface area contributed by atoms with Crippen LogP contribution in [0.4, 0.5) is 14.5 Å². The lowest BCUT2D eigenvalue weighted by Gasteiger charge is -2.23. The molecule has 0 amide bonds. The lowest BCUT2D eigenvalue weighted by atomic mass is 10.00. The SMILES string of the molecule is COC(=O)C(=O)C(F)(F)C(OC)c1ccc([N+](=O)[O-])cc1. The van der Waals surface area contributed by atoms with Crippen LogP contribution in [0.3, 0.4) is 0 Å². The zero-order valence-corrected chi connectivity index (χ0v) is 11.0. The minimum absolute atomic E-state index is 0.189. The summed E-state index contributed by atoms with van der Waals surface area (Å²) in [6.45, 7) is 0. The largest absolute Gasteiger partial charge is 0.463 e. The molecule has 0 aliphatic rings. The molecule has 7 nitrogen and oxygen atoms in total. The topological polar surface area (TPSA) is 95.7 Å². The Morgan fingerprint density at radius 1 is 1.24 bits per heavy atom. The van der Waals surface area contributed by atoms with Crippen molar-refractivity contribution >= 4 is 17.4 Å². The minimum atomic E-state index is -4.17. The van der Waals surface area contributed by atoms with E-state index in [0.717, 1.165) is 38.5 Å². The number of Topliss-reactive ketones (excluding diaryl/α,β-unsaturated/α-hetero) is 1. The number of nitrogens with zero attached hydrogens (tertiary/aromatic N) is 1. The Balaban J connectivity index is 3.14. The summed E-state index contributed by atoms with van der Waals surface area (Å²) in [6.07, 6.45) is -2.06. The molecule has 1 unspecified atom stereocenters. The van der Waals surface area contributed by atoms with E-state index in [-0.39, 0.29) is 11.3 Å². The second-order valence-electron chi connectivity index (χ2n) is 3.91. The third kappa shape index (κ3) is 3.37. The van der Waals surface area contributed by atoms with Crippen LogP contribution in [-0.4, -0.2) is 36.8 Å². The molecule has 1 atom stereocenters. The van der Waals surface area contributed by atoms with Crippen LogP contribution in [0.5, 0.6) is 0 Å². The van der Waals surface area contributed by atoms with Gasteiger partial charge in [0, 0.05) is 19.2 Å². The standard InChI is InChI=1S/C12H11F2NO6/c1-20-10(12(13,14)9(16)11(17)21-2)7-3-5-8(6-4-7)15(18)19/h3-6,10H,1-2H3. The van der Waals surface area contributed by atoms with Crippen LogP contribution in [0, 0.1) is 10.1 Å². The number of nitro groups is 1. The molecule has 9 heteroatoms. The summed E-state index contributed by atoms with van der Waals surface area (Å²) < 4.78 is 36.4. The molecule has 21 heavy (non-hydrogen) atoms. The van der Waals surface area contributed by atoms with Crippen molar-refractivity contribution in [3.63, 3.8) is 0 Å². The Hall–Kier alpha value is -2.42. The van der Waals surface area contributed by atoms with Gasteiger partial charge in [-0.2, -0.15) is 8.78 Å². The number of carbonyl (C=O) groups excluding carboxylic acids is 2. The van der Waals surface area contributed by atoms with Gasteiger partial charge < -0.3 is 9.47 Å². The Morgan fingerprint density at radius 2 is 1.76 bits per heavy atom. The number of benzene rings is 1. The van der Waals surface area contributed by atoms with Gasteiger partial charge in [0.25, 0.3) is 5.69 Å². The fourth-order valence-corrected chi connectivity index (χ4v) is 1.61. The van der Waals surface area contributed by atoms with Crippen LogP contribution < -0.4 is 0 Å². The predicted molar refractivity (Wildman–Crippen MR) is 64.8 cm³/mol. The number of esters is 1. The highest BCUT2D eigenvalue weighted by Crippen LogP contribution is 2.35. The molecule has 0 aliphatic heterocycles. The maximum absolute atomic E-state index is 14.0. The van der Waals surface area contributed by atoms with Crippen LogP contribution in [-0.2, 0) is 19.1 Å². The number of methoxy groups -OCH3 is 2. The lowest BCUT2D eigenvalue weighted by molar-refractivity contribution is -0.384. The zero-order chi connectivity index (χ0) is 16.2. The van der Waals surface area contributed by atoms with Gasteiger partial charge in [-0.15, -0.1) is 0 Å². The van der Waals surface area contributed by atoms with Gasteiger partial charge in [0.05, 0.1) is 12.0 Å². The summed E-state index contributed by atoms with van der Waals surface area (Å²) in [6, 6.07) is 4.01. The third-order valence-corrected chi connectivity index (χ3v) is 2.65. The average Bonchev–Trinajstić information content (AvgIpc) is 2.46. The van der Waals surface area contributed by atoms with E-state index in [1.165, 1.54) is 0 Å². The van der Waals surface area contributed by atoms with Crippen LogP contribution in [0.2, 0.25) is 0 Å². The molecule has 114 valence electrons. The van der Waals surface area contributed by atoms with Crippen LogP contribution in [0.1, 0.15) is 11.7 Å². The van der Waals surface area contributed by atoms with Gasteiger partial charge >= 0.3 is 17.7 Å². The van der Waals surface area contributed by atoms with E-state index in [0.29, 0.717) is 0 Å². The molecule has 0 N–H and O–H groups in total. The van der Waals surface area contributed by atoms with E-state index >= 15 is 0 Å². The lowest BCUT2D eigenvalue weighted by Crippen LogP contribution is -2.41. The summed E-state index contributed by atoms with van der Waals surface area (Å²) >= 11 is 0. The predicted octanol–water partition coefficient (Wildman–Crippen LogP) is 1.66. The first kappa shape index (κ1) is 16.6. The number of rotatable bonds is 6. The average molecular weight is 303 g/mol. The maximum atomic E-state index is 14.0. The van der Waals surface area contributed by atoms with E-state index in [4.69, 9.17) is 0 Å². The summed E-state index contributed by atoms with van der Waals surface area (Å²) in [5, 5.41) is 10.5. The monoisotopic (exact) mass is 303 g/mol. The number of hydrogen-bond donors (Lipinski definition) is 0. The van der Waals surface area contributed by atoms with Crippen molar-refractivity contribution in [1.82, 2.24) is 0 Å². The molecule has 0 saturated heterocycles. The Labute approximate surface area is 117 Å². The van der Waals surface area contributed by atoms with Crippen molar-refractivity contribution in [2.75, 3.05) is 14.2 Å². The molecule has 0 radical (unpaired) electrons. The zero-order valence-electron chi connectivity index (χ0n) is 11.0. The molecule has 0 aliphatic carbocycles. The number of carbonyl (C=O) groups is 2. The maximum Gasteiger partial charge on any atom is 0.381 e. The van der Waals surface area contributed by atoms with Gasteiger partial charge in [-0.25, -0.2) is 4.79 Å². The summed E-state index contributed by atoms with van der Waals surface area (Å²) in [5.74, 6) is -7.93. The first-order valence-corrected chi connectivity index (χ1v) is 5.53. The van der Waals surface area contributed by atoms with Crippen LogP contribution in [0.25, 0.3) is 0 Å². The third-order valence-electron chi connectivity index (χ3n) is 2.65. The Morgan fingerprint density at radius 3 is 2.14 bits per heavy atom. The van der Waals surface area contributed by atoms with Crippen LogP contribution >= 0.6 is 0 Å². The van der Waals surface area contributed by atoms with E-state index in [1.54, 1.807) is 0 Å². The molecule has 0 aromatic heterocycles. The molecule has 1 aromatic rings. The molecule has 0 bridgehead atoms. The number of non-ortho nitro benzene ring substituents is 1. The number of ether oxygens (including phenoxy) is 2. The smallest absolute Gasteiger partial charge is 0.381 e.